The lowest BCUT2D eigenvalue weighted by Gasteiger charge is -2.27. The SMILES string of the molecule is c1cc(-c2ccc3sc4ccccc4c3c2)cc(N(c2ccc(-c3ccc4ccccc4c3)cc2)c2cccc3oc4ccccc4c23)c1. The second-order valence-electron chi connectivity index (χ2n) is 12.6. The molecule has 0 spiro atoms. The van der Waals surface area contributed by atoms with Gasteiger partial charge in [-0.05, 0) is 99.8 Å². The average Bonchev–Trinajstić information content (AvgIpc) is 3.74. The van der Waals surface area contributed by atoms with E-state index in [1.165, 1.54) is 53.2 Å². The molecule has 0 radical (unpaired) electrons. The number of thiophene rings is 1. The van der Waals surface area contributed by atoms with Crippen molar-refractivity contribution in [2.45, 2.75) is 0 Å². The summed E-state index contributed by atoms with van der Waals surface area (Å²) in [4.78, 5) is 2.37. The first-order chi connectivity index (χ1) is 24.3. The van der Waals surface area contributed by atoms with Crippen molar-refractivity contribution in [1.29, 1.82) is 0 Å². The molecule has 0 aliphatic heterocycles. The molecular formula is C46H29NOS. The van der Waals surface area contributed by atoms with Gasteiger partial charge in [0.1, 0.15) is 11.2 Å². The van der Waals surface area contributed by atoms with Crippen LogP contribution in [0.2, 0.25) is 0 Å². The van der Waals surface area contributed by atoms with Crippen molar-refractivity contribution < 1.29 is 4.42 Å². The number of benzene rings is 8. The zero-order valence-corrected chi connectivity index (χ0v) is 27.3. The van der Waals surface area contributed by atoms with Crippen molar-refractivity contribution >= 4 is 81.3 Å². The number of furan rings is 1. The molecule has 3 heteroatoms. The van der Waals surface area contributed by atoms with E-state index in [4.69, 9.17) is 4.42 Å². The van der Waals surface area contributed by atoms with Crippen molar-refractivity contribution in [3.63, 3.8) is 0 Å². The van der Waals surface area contributed by atoms with Crippen LogP contribution in [0.1, 0.15) is 0 Å². The Hall–Kier alpha value is -6.16. The molecule has 8 aromatic carbocycles. The molecule has 2 heterocycles. The molecule has 0 bridgehead atoms. The lowest BCUT2D eigenvalue weighted by molar-refractivity contribution is 0.669. The van der Waals surface area contributed by atoms with E-state index in [0.717, 1.165) is 39.0 Å². The van der Waals surface area contributed by atoms with Crippen LogP contribution in [-0.2, 0) is 0 Å². The van der Waals surface area contributed by atoms with Crippen LogP contribution in [0, 0.1) is 0 Å². The molecule has 0 unspecified atom stereocenters. The highest BCUT2D eigenvalue weighted by Crippen LogP contribution is 2.44. The molecule has 49 heavy (non-hydrogen) atoms. The van der Waals surface area contributed by atoms with Gasteiger partial charge in [0, 0.05) is 36.9 Å². The summed E-state index contributed by atoms with van der Waals surface area (Å²) in [6.45, 7) is 0. The van der Waals surface area contributed by atoms with E-state index in [9.17, 15) is 0 Å². The monoisotopic (exact) mass is 643 g/mol. The van der Waals surface area contributed by atoms with Crippen molar-refractivity contribution in [3.05, 3.63) is 176 Å². The highest BCUT2D eigenvalue weighted by atomic mass is 32.1. The largest absolute Gasteiger partial charge is 0.456 e. The summed E-state index contributed by atoms with van der Waals surface area (Å²) in [6, 6.07) is 63.3. The molecule has 10 rings (SSSR count). The Kier molecular flexibility index (Phi) is 6.39. The Bertz CT molecular complexity index is 2840. The third-order valence-corrected chi connectivity index (χ3v) is 10.8. The minimum atomic E-state index is 0.877. The van der Waals surface area contributed by atoms with E-state index in [2.05, 4.69) is 169 Å². The summed E-state index contributed by atoms with van der Waals surface area (Å²) in [5.74, 6) is 0. The normalized spacial score (nSPS) is 11.7. The number of rotatable bonds is 5. The highest BCUT2D eigenvalue weighted by molar-refractivity contribution is 7.25. The van der Waals surface area contributed by atoms with Gasteiger partial charge in [-0.25, -0.2) is 0 Å². The molecule has 0 N–H and O–H groups in total. The fourth-order valence-corrected chi connectivity index (χ4v) is 8.36. The van der Waals surface area contributed by atoms with Gasteiger partial charge in [-0.3, -0.25) is 0 Å². The van der Waals surface area contributed by atoms with Gasteiger partial charge in [-0.15, -0.1) is 11.3 Å². The maximum Gasteiger partial charge on any atom is 0.137 e. The van der Waals surface area contributed by atoms with E-state index < -0.39 is 0 Å². The molecule has 0 fully saturated rings. The molecule has 10 aromatic rings. The number of hydrogen-bond donors (Lipinski definition) is 0. The van der Waals surface area contributed by atoms with Crippen LogP contribution in [0.4, 0.5) is 17.1 Å². The molecule has 0 amide bonds. The van der Waals surface area contributed by atoms with E-state index in [0.29, 0.717) is 0 Å². The van der Waals surface area contributed by atoms with E-state index >= 15 is 0 Å². The van der Waals surface area contributed by atoms with Gasteiger partial charge >= 0.3 is 0 Å². The minimum absolute atomic E-state index is 0.877. The summed E-state index contributed by atoms with van der Waals surface area (Å²) >= 11 is 1.85. The molecule has 0 saturated heterocycles. The van der Waals surface area contributed by atoms with E-state index in [1.807, 2.05) is 23.5 Å². The van der Waals surface area contributed by atoms with Crippen LogP contribution in [0.3, 0.4) is 0 Å². The maximum atomic E-state index is 6.36. The quantitative estimate of drug-likeness (QED) is 0.186. The van der Waals surface area contributed by atoms with E-state index in [-0.39, 0.29) is 0 Å². The van der Waals surface area contributed by atoms with Crippen molar-refractivity contribution in [1.82, 2.24) is 0 Å². The number of para-hydroxylation sites is 1. The molecule has 2 nitrogen and oxygen atoms in total. The molecule has 2 aromatic heterocycles. The summed E-state index contributed by atoms with van der Waals surface area (Å²) in [7, 11) is 0. The smallest absolute Gasteiger partial charge is 0.137 e. The molecule has 0 saturated carbocycles. The number of hydrogen-bond acceptors (Lipinski definition) is 3. The van der Waals surface area contributed by atoms with Crippen molar-refractivity contribution in [2.24, 2.45) is 0 Å². The molecule has 0 atom stereocenters. The predicted octanol–water partition coefficient (Wildman–Crippen LogP) is 13.9. The van der Waals surface area contributed by atoms with Gasteiger partial charge in [0.25, 0.3) is 0 Å². The fourth-order valence-electron chi connectivity index (χ4n) is 7.27. The van der Waals surface area contributed by atoms with Gasteiger partial charge in [0.2, 0.25) is 0 Å². The van der Waals surface area contributed by atoms with Crippen LogP contribution in [-0.4, -0.2) is 0 Å². The number of fused-ring (bicyclic) bond motifs is 7. The van der Waals surface area contributed by atoms with Gasteiger partial charge in [0.05, 0.1) is 11.1 Å². The molecular weight excluding hydrogens is 615 g/mol. The second kappa shape index (κ2) is 11.2. The number of nitrogens with zero attached hydrogens (tertiary/aromatic N) is 1. The summed E-state index contributed by atoms with van der Waals surface area (Å²) in [6.07, 6.45) is 0. The molecule has 230 valence electrons. The Morgan fingerprint density at radius 3 is 1.98 bits per heavy atom. The van der Waals surface area contributed by atoms with Crippen LogP contribution in [0.5, 0.6) is 0 Å². The van der Waals surface area contributed by atoms with Crippen LogP contribution in [0.25, 0.3) is 75.1 Å². The van der Waals surface area contributed by atoms with Gasteiger partial charge in [-0.1, -0.05) is 109 Å². The van der Waals surface area contributed by atoms with E-state index in [1.54, 1.807) is 0 Å². The third-order valence-electron chi connectivity index (χ3n) is 9.64. The van der Waals surface area contributed by atoms with Gasteiger partial charge in [0.15, 0.2) is 0 Å². The average molecular weight is 644 g/mol. The lowest BCUT2D eigenvalue weighted by atomic mass is 10.00. The standard InChI is InChI=1S/C46H29NOS/c1-2-10-32-27-34(20-19-30(32)9-1)31-21-24-36(25-22-31)47(41-15-8-17-43-46(41)39-14-3-5-16-42(39)48-43)37-12-7-11-33(28-37)35-23-26-45-40(29-35)38-13-4-6-18-44(38)49-45/h1-29H. The Morgan fingerprint density at radius 1 is 0.388 bits per heavy atom. The Morgan fingerprint density at radius 2 is 1.06 bits per heavy atom. The zero-order valence-electron chi connectivity index (χ0n) is 26.5. The third kappa shape index (κ3) is 4.70. The van der Waals surface area contributed by atoms with Crippen LogP contribution < -0.4 is 4.90 Å². The van der Waals surface area contributed by atoms with Crippen LogP contribution >= 0.6 is 11.3 Å². The van der Waals surface area contributed by atoms with Gasteiger partial charge in [-0.2, -0.15) is 0 Å². The zero-order chi connectivity index (χ0) is 32.3. The number of anilines is 3. The first-order valence-corrected chi connectivity index (χ1v) is 17.4. The highest BCUT2D eigenvalue weighted by Gasteiger charge is 2.20. The van der Waals surface area contributed by atoms with Crippen molar-refractivity contribution in [2.75, 3.05) is 4.90 Å². The summed E-state index contributed by atoms with van der Waals surface area (Å²) < 4.78 is 9.00. The van der Waals surface area contributed by atoms with Gasteiger partial charge < -0.3 is 9.32 Å². The summed E-state index contributed by atoms with van der Waals surface area (Å²) in [5, 5.41) is 7.33. The first kappa shape index (κ1) is 27.9. The molecule has 0 aliphatic rings. The Labute approximate surface area is 287 Å². The second-order valence-corrected chi connectivity index (χ2v) is 13.6. The first-order valence-electron chi connectivity index (χ1n) is 16.6. The molecule has 0 aliphatic carbocycles. The maximum absolute atomic E-state index is 6.36. The van der Waals surface area contributed by atoms with Crippen LogP contribution in [0.15, 0.2) is 180 Å². The topological polar surface area (TPSA) is 16.4 Å². The minimum Gasteiger partial charge on any atom is -0.456 e. The lowest BCUT2D eigenvalue weighted by Crippen LogP contribution is -2.10. The fraction of sp³-hybridized carbons (Fsp3) is 0. The predicted molar refractivity (Wildman–Crippen MR) is 210 cm³/mol. The Balaban J connectivity index is 1.14. The summed E-state index contributed by atoms with van der Waals surface area (Å²) in [5.41, 5.74) is 9.79. The van der Waals surface area contributed by atoms with Crippen molar-refractivity contribution in [3.8, 4) is 22.3 Å².